The van der Waals surface area contributed by atoms with Crippen LogP contribution in [0.25, 0.3) is 28.2 Å². The number of hydrazone groups is 1. The summed E-state index contributed by atoms with van der Waals surface area (Å²) in [6.07, 6.45) is 3.03. The van der Waals surface area contributed by atoms with Crippen LogP contribution in [-0.4, -0.2) is 31.2 Å². The Morgan fingerprint density at radius 1 is 0.879 bits per heavy atom. The molecule has 0 aliphatic rings. The van der Waals surface area contributed by atoms with Gasteiger partial charge in [0, 0.05) is 11.1 Å². The monoisotopic (exact) mass is 433 g/mol. The number of hydrogen-bond acceptors (Lipinski definition) is 6. The maximum atomic E-state index is 11.2. The molecule has 8 heteroatoms. The zero-order chi connectivity index (χ0) is 22.5. The van der Waals surface area contributed by atoms with Crippen molar-refractivity contribution in [3.05, 3.63) is 113 Å². The van der Waals surface area contributed by atoms with Crippen LogP contribution in [0.3, 0.4) is 0 Å². The molecular formula is C25H19N7O. The second-order valence-electron chi connectivity index (χ2n) is 7.19. The average molecular weight is 433 g/mol. The first-order valence-corrected chi connectivity index (χ1v) is 10.3. The largest absolute Gasteiger partial charge is 0.363 e. The van der Waals surface area contributed by atoms with Gasteiger partial charge >= 0.3 is 5.69 Å². The lowest BCUT2D eigenvalue weighted by atomic mass is 10.1. The van der Waals surface area contributed by atoms with E-state index < -0.39 is 5.69 Å². The third-order valence-electron chi connectivity index (χ3n) is 4.95. The minimum atomic E-state index is -0.539. The van der Waals surface area contributed by atoms with Crippen LogP contribution in [0.15, 0.2) is 107 Å². The highest BCUT2D eigenvalue weighted by molar-refractivity contribution is 5.80. The molecule has 0 amide bonds. The van der Waals surface area contributed by atoms with E-state index in [1.54, 1.807) is 6.21 Å². The van der Waals surface area contributed by atoms with Gasteiger partial charge in [0.15, 0.2) is 5.82 Å². The van der Waals surface area contributed by atoms with Crippen LogP contribution in [-0.2, 0) is 0 Å². The predicted molar refractivity (Wildman–Crippen MR) is 128 cm³/mol. The SMILES string of the molecule is O=c1nc(N/N=C/c2ccc(-n3nc(-c4ccccc4)cc3-c3ccccc3)cc2)cn[nH]1. The van der Waals surface area contributed by atoms with Gasteiger partial charge in [-0.05, 0) is 23.8 Å². The third-order valence-corrected chi connectivity index (χ3v) is 4.95. The van der Waals surface area contributed by atoms with Gasteiger partial charge in [0.05, 0.1) is 29.5 Å². The third kappa shape index (κ3) is 4.59. The Morgan fingerprint density at radius 3 is 2.27 bits per heavy atom. The van der Waals surface area contributed by atoms with Gasteiger partial charge in [0.25, 0.3) is 0 Å². The van der Waals surface area contributed by atoms with Gasteiger partial charge in [0.2, 0.25) is 0 Å². The summed E-state index contributed by atoms with van der Waals surface area (Å²) in [4.78, 5) is 14.9. The van der Waals surface area contributed by atoms with Crippen LogP contribution < -0.4 is 11.1 Å². The molecule has 0 saturated carbocycles. The molecule has 0 bridgehead atoms. The molecule has 160 valence electrons. The number of nitrogens with zero attached hydrogens (tertiary/aromatic N) is 5. The highest BCUT2D eigenvalue weighted by Crippen LogP contribution is 2.28. The molecule has 2 aromatic heterocycles. The first-order valence-electron chi connectivity index (χ1n) is 10.3. The number of rotatable bonds is 6. The molecule has 0 atom stereocenters. The summed E-state index contributed by atoms with van der Waals surface area (Å²) >= 11 is 0. The zero-order valence-electron chi connectivity index (χ0n) is 17.5. The average Bonchev–Trinajstić information content (AvgIpc) is 3.31. The molecule has 0 fully saturated rings. The Morgan fingerprint density at radius 2 is 1.58 bits per heavy atom. The van der Waals surface area contributed by atoms with Crippen LogP contribution in [0.1, 0.15) is 5.56 Å². The molecule has 0 aliphatic carbocycles. The minimum absolute atomic E-state index is 0.268. The molecular weight excluding hydrogens is 414 g/mol. The van der Waals surface area contributed by atoms with Crippen molar-refractivity contribution in [3.63, 3.8) is 0 Å². The standard InChI is InChI=1S/C25H19N7O/c33-25-28-24(17-27-30-25)29-26-16-18-11-13-21(14-12-18)32-23(20-9-5-2-6-10-20)15-22(31-32)19-7-3-1-4-8-19/h1-17H,(H2,28,29,30,33)/b26-16+. The van der Waals surface area contributed by atoms with E-state index in [-0.39, 0.29) is 5.82 Å². The van der Waals surface area contributed by atoms with Gasteiger partial charge in [-0.1, -0.05) is 72.8 Å². The summed E-state index contributed by atoms with van der Waals surface area (Å²) in [5.74, 6) is 0.268. The van der Waals surface area contributed by atoms with E-state index in [1.807, 2.05) is 65.3 Å². The van der Waals surface area contributed by atoms with Crippen LogP contribution in [0.2, 0.25) is 0 Å². The fourth-order valence-electron chi connectivity index (χ4n) is 3.38. The van der Waals surface area contributed by atoms with E-state index in [9.17, 15) is 4.79 Å². The Balaban J connectivity index is 1.44. The van der Waals surface area contributed by atoms with Crippen molar-refractivity contribution in [2.45, 2.75) is 0 Å². The van der Waals surface area contributed by atoms with Crippen LogP contribution >= 0.6 is 0 Å². The summed E-state index contributed by atoms with van der Waals surface area (Å²) in [5, 5.41) is 14.9. The summed E-state index contributed by atoms with van der Waals surface area (Å²) < 4.78 is 1.95. The second kappa shape index (κ2) is 9.11. The molecule has 5 rings (SSSR count). The molecule has 0 radical (unpaired) electrons. The maximum absolute atomic E-state index is 11.2. The first-order chi connectivity index (χ1) is 16.3. The number of benzene rings is 3. The van der Waals surface area contributed by atoms with Crippen molar-refractivity contribution >= 4 is 12.0 Å². The fraction of sp³-hybridized carbons (Fsp3) is 0. The summed E-state index contributed by atoms with van der Waals surface area (Å²) in [6.45, 7) is 0. The maximum Gasteiger partial charge on any atom is 0.363 e. The number of aromatic amines is 1. The molecule has 2 N–H and O–H groups in total. The Labute approximate surface area is 189 Å². The van der Waals surface area contributed by atoms with Gasteiger partial charge in [-0.2, -0.15) is 20.3 Å². The van der Waals surface area contributed by atoms with Gasteiger partial charge < -0.3 is 0 Å². The second-order valence-corrected chi connectivity index (χ2v) is 7.19. The van der Waals surface area contributed by atoms with E-state index in [0.29, 0.717) is 0 Å². The summed E-state index contributed by atoms with van der Waals surface area (Å²) in [6, 6.07) is 30.3. The van der Waals surface area contributed by atoms with Crippen molar-refractivity contribution in [1.29, 1.82) is 0 Å². The highest BCUT2D eigenvalue weighted by atomic mass is 16.1. The molecule has 0 unspecified atom stereocenters. The normalized spacial score (nSPS) is 11.0. The number of anilines is 1. The van der Waals surface area contributed by atoms with Crippen molar-refractivity contribution in [3.8, 4) is 28.2 Å². The molecule has 0 saturated heterocycles. The predicted octanol–water partition coefficient (Wildman–Crippen LogP) is 4.13. The summed E-state index contributed by atoms with van der Waals surface area (Å²) in [5.41, 5.74) is 8.02. The first kappa shape index (κ1) is 20.1. The number of H-pyrrole nitrogens is 1. The number of nitrogens with one attached hydrogen (secondary N) is 2. The van der Waals surface area contributed by atoms with Crippen molar-refractivity contribution in [2.24, 2.45) is 5.10 Å². The van der Waals surface area contributed by atoms with Crippen LogP contribution in [0.4, 0.5) is 5.82 Å². The van der Waals surface area contributed by atoms with Gasteiger partial charge in [0.1, 0.15) is 0 Å². The summed E-state index contributed by atoms with van der Waals surface area (Å²) in [7, 11) is 0. The topological polar surface area (TPSA) is 101 Å². The molecule has 0 spiro atoms. The van der Waals surface area contributed by atoms with Gasteiger partial charge in [-0.25, -0.2) is 14.6 Å². The highest BCUT2D eigenvalue weighted by Gasteiger charge is 2.13. The smallest absolute Gasteiger partial charge is 0.260 e. The van der Waals surface area contributed by atoms with E-state index in [4.69, 9.17) is 5.10 Å². The molecule has 0 aliphatic heterocycles. The van der Waals surface area contributed by atoms with Crippen LogP contribution in [0.5, 0.6) is 0 Å². The number of hydrogen-bond donors (Lipinski definition) is 2. The number of aromatic nitrogens is 5. The Kier molecular flexibility index (Phi) is 5.54. The molecule has 2 heterocycles. The quantitative estimate of drug-likeness (QED) is 0.310. The van der Waals surface area contributed by atoms with Crippen molar-refractivity contribution in [2.75, 3.05) is 5.43 Å². The minimum Gasteiger partial charge on any atom is -0.260 e. The van der Waals surface area contributed by atoms with E-state index in [0.717, 1.165) is 33.8 Å². The van der Waals surface area contributed by atoms with E-state index in [2.05, 4.69) is 56.0 Å². The van der Waals surface area contributed by atoms with Crippen LogP contribution in [0, 0.1) is 0 Å². The van der Waals surface area contributed by atoms with E-state index >= 15 is 0 Å². The van der Waals surface area contributed by atoms with Crippen molar-refractivity contribution in [1.82, 2.24) is 25.0 Å². The molecule has 3 aromatic carbocycles. The molecule has 8 nitrogen and oxygen atoms in total. The van der Waals surface area contributed by atoms with Gasteiger partial charge in [-0.3, -0.25) is 5.43 Å². The molecule has 5 aromatic rings. The Hall–Kier alpha value is -4.85. The zero-order valence-corrected chi connectivity index (χ0v) is 17.5. The van der Waals surface area contributed by atoms with Gasteiger partial charge in [-0.15, -0.1) is 0 Å². The lowest BCUT2D eigenvalue weighted by Gasteiger charge is -2.08. The lowest BCUT2D eigenvalue weighted by Crippen LogP contribution is -2.13. The lowest BCUT2D eigenvalue weighted by molar-refractivity contribution is 0.892. The van der Waals surface area contributed by atoms with E-state index in [1.165, 1.54) is 6.20 Å². The Bertz CT molecular complexity index is 1440. The fourth-order valence-corrected chi connectivity index (χ4v) is 3.38. The van der Waals surface area contributed by atoms with Crippen molar-refractivity contribution < 1.29 is 0 Å². The molecule has 33 heavy (non-hydrogen) atoms.